The first-order valence-corrected chi connectivity index (χ1v) is 8.65. The number of rotatable bonds is 10. The van der Waals surface area contributed by atoms with E-state index in [-0.39, 0.29) is 11.4 Å². The quantitative estimate of drug-likeness (QED) is 0.502. The molecule has 0 aliphatic carbocycles. The molecule has 0 saturated carbocycles. The summed E-state index contributed by atoms with van der Waals surface area (Å²) in [7, 11) is 0. The summed E-state index contributed by atoms with van der Waals surface area (Å²) in [5.74, 6) is -0.316. The number of hydrogen-bond donors (Lipinski definition) is 2. The summed E-state index contributed by atoms with van der Waals surface area (Å²) in [6, 6.07) is 0. The van der Waals surface area contributed by atoms with E-state index in [1.165, 1.54) is 10.8 Å². The van der Waals surface area contributed by atoms with Crippen molar-refractivity contribution in [1.29, 1.82) is 0 Å². The molecule has 8 nitrogen and oxygen atoms in total. The van der Waals surface area contributed by atoms with Gasteiger partial charge in [0.15, 0.2) is 0 Å². The van der Waals surface area contributed by atoms with Gasteiger partial charge in [0, 0.05) is 38.2 Å². The number of aromatic nitrogens is 4. The maximum absolute atomic E-state index is 11.9. The van der Waals surface area contributed by atoms with Crippen LogP contribution in [0.15, 0.2) is 33.3 Å². The van der Waals surface area contributed by atoms with Gasteiger partial charge >= 0.3 is 5.69 Å². The van der Waals surface area contributed by atoms with Crippen LogP contribution in [0, 0.1) is 0 Å². The minimum absolute atomic E-state index is 0.0257. The average Bonchev–Trinajstić information content (AvgIpc) is 3.09. The third-order valence-corrected chi connectivity index (χ3v) is 3.93. The minimum atomic E-state index is -0.620. The molecule has 0 fully saturated rings. The predicted molar refractivity (Wildman–Crippen MR) is 96.4 cm³/mol. The third kappa shape index (κ3) is 5.44. The molecule has 0 saturated heterocycles. The van der Waals surface area contributed by atoms with E-state index in [0.717, 1.165) is 38.6 Å². The van der Waals surface area contributed by atoms with Gasteiger partial charge in [-0.15, -0.1) is 0 Å². The summed E-state index contributed by atoms with van der Waals surface area (Å²) in [4.78, 5) is 34.2. The number of unbranched alkanes of at least 4 members (excludes halogenated alkanes) is 3. The number of nitrogens with zero attached hydrogens (tertiary/aromatic N) is 4. The first kappa shape index (κ1) is 18.7. The molecule has 2 rings (SSSR count). The normalized spacial score (nSPS) is 11.4. The van der Waals surface area contributed by atoms with Gasteiger partial charge in [-0.2, -0.15) is 0 Å². The van der Waals surface area contributed by atoms with E-state index >= 15 is 0 Å². The molecule has 0 aliphatic rings. The van der Waals surface area contributed by atoms with Gasteiger partial charge in [0.25, 0.3) is 5.56 Å². The SMILES string of the molecule is CCCCCCn1c(O)c(C=NCCCn2ccnc2)c(=O)[nH]c1=O. The summed E-state index contributed by atoms with van der Waals surface area (Å²) >= 11 is 0. The van der Waals surface area contributed by atoms with E-state index < -0.39 is 11.2 Å². The first-order chi connectivity index (χ1) is 12.1. The Morgan fingerprint density at radius 3 is 2.80 bits per heavy atom. The Labute approximate surface area is 145 Å². The van der Waals surface area contributed by atoms with E-state index in [4.69, 9.17) is 0 Å². The van der Waals surface area contributed by atoms with Crippen LogP contribution < -0.4 is 11.2 Å². The van der Waals surface area contributed by atoms with Gasteiger partial charge in [-0.1, -0.05) is 26.2 Å². The Morgan fingerprint density at radius 1 is 1.24 bits per heavy atom. The number of aromatic hydroxyl groups is 1. The highest BCUT2D eigenvalue weighted by Crippen LogP contribution is 2.10. The molecule has 2 aromatic rings. The van der Waals surface area contributed by atoms with Crippen molar-refractivity contribution in [3.8, 4) is 5.88 Å². The second-order valence-corrected chi connectivity index (χ2v) is 5.90. The molecule has 0 amide bonds. The summed E-state index contributed by atoms with van der Waals surface area (Å²) in [6.07, 6.45) is 11.3. The molecule has 0 aliphatic heterocycles. The summed E-state index contributed by atoms with van der Waals surface area (Å²) in [5.41, 5.74) is -1.18. The lowest BCUT2D eigenvalue weighted by Gasteiger charge is -2.09. The lowest BCUT2D eigenvalue weighted by atomic mass is 10.2. The van der Waals surface area contributed by atoms with Crippen molar-refractivity contribution in [3.63, 3.8) is 0 Å². The van der Waals surface area contributed by atoms with Crippen LogP contribution in [0.25, 0.3) is 0 Å². The number of aliphatic imine (C=N–C) groups is 1. The van der Waals surface area contributed by atoms with Crippen molar-refractivity contribution in [2.24, 2.45) is 4.99 Å². The zero-order valence-electron chi connectivity index (χ0n) is 14.5. The van der Waals surface area contributed by atoms with Crippen LogP contribution in [0.3, 0.4) is 0 Å². The van der Waals surface area contributed by atoms with Crippen LogP contribution in [0.5, 0.6) is 5.88 Å². The molecule has 0 bridgehead atoms. The average molecular weight is 347 g/mol. The van der Waals surface area contributed by atoms with Crippen LogP contribution in [0.2, 0.25) is 0 Å². The number of aryl methyl sites for hydroxylation is 1. The van der Waals surface area contributed by atoms with Crippen molar-refractivity contribution >= 4 is 6.21 Å². The fourth-order valence-corrected chi connectivity index (χ4v) is 2.51. The van der Waals surface area contributed by atoms with E-state index in [1.54, 1.807) is 12.5 Å². The van der Waals surface area contributed by atoms with Gasteiger partial charge in [-0.25, -0.2) is 9.78 Å². The molecular weight excluding hydrogens is 322 g/mol. The Morgan fingerprint density at radius 2 is 2.08 bits per heavy atom. The summed E-state index contributed by atoms with van der Waals surface area (Å²) < 4.78 is 3.14. The van der Waals surface area contributed by atoms with Gasteiger partial charge in [-0.05, 0) is 12.8 Å². The van der Waals surface area contributed by atoms with Crippen molar-refractivity contribution in [3.05, 3.63) is 45.1 Å². The molecule has 0 radical (unpaired) electrons. The third-order valence-electron chi connectivity index (χ3n) is 3.93. The largest absolute Gasteiger partial charge is 0.494 e. The Bertz CT molecular complexity index is 790. The zero-order valence-corrected chi connectivity index (χ0v) is 14.5. The number of hydrogen-bond acceptors (Lipinski definition) is 5. The minimum Gasteiger partial charge on any atom is -0.494 e. The molecule has 2 heterocycles. The molecular formula is C17H25N5O3. The smallest absolute Gasteiger partial charge is 0.331 e. The van der Waals surface area contributed by atoms with Gasteiger partial charge in [0.2, 0.25) is 5.88 Å². The van der Waals surface area contributed by atoms with Crippen LogP contribution in [-0.4, -0.2) is 37.0 Å². The maximum Gasteiger partial charge on any atom is 0.331 e. The Hall–Kier alpha value is -2.64. The fourth-order valence-electron chi connectivity index (χ4n) is 2.51. The molecule has 2 N–H and O–H groups in total. The molecule has 0 unspecified atom stereocenters. The second kappa shape index (κ2) is 9.61. The number of nitrogens with one attached hydrogen (secondary N) is 1. The lowest BCUT2D eigenvalue weighted by Crippen LogP contribution is -2.32. The van der Waals surface area contributed by atoms with Crippen molar-refractivity contribution in [2.75, 3.05) is 6.54 Å². The number of H-pyrrole nitrogens is 1. The van der Waals surface area contributed by atoms with Crippen LogP contribution in [-0.2, 0) is 13.1 Å². The number of imidazole rings is 1. The second-order valence-electron chi connectivity index (χ2n) is 5.90. The highest BCUT2D eigenvalue weighted by molar-refractivity contribution is 5.81. The van der Waals surface area contributed by atoms with Crippen LogP contribution in [0.1, 0.15) is 44.6 Å². The monoisotopic (exact) mass is 347 g/mol. The molecule has 2 aromatic heterocycles. The molecule has 0 aromatic carbocycles. The van der Waals surface area contributed by atoms with Crippen molar-refractivity contribution in [2.45, 2.75) is 52.1 Å². The number of aromatic amines is 1. The van der Waals surface area contributed by atoms with Gasteiger partial charge < -0.3 is 9.67 Å². The lowest BCUT2D eigenvalue weighted by molar-refractivity contribution is 0.392. The standard InChI is InChI=1S/C17H25N5O3/c1-2-3-4-5-10-22-16(24)14(15(23)20-17(22)25)12-18-7-6-9-21-11-8-19-13-21/h8,11-13,24H,2-7,9-10H2,1H3,(H,20,23,25). The zero-order chi connectivity index (χ0) is 18.1. The van der Waals surface area contributed by atoms with E-state index in [2.05, 4.69) is 21.9 Å². The maximum atomic E-state index is 11.9. The molecule has 25 heavy (non-hydrogen) atoms. The van der Waals surface area contributed by atoms with E-state index in [1.807, 2.05) is 10.8 Å². The van der Waals surface area contributed by atoms with E-state index in [0.29, 0.717) is 13.1 Å². The fraction of sp³-hybridized carbons (Fsp3) is 0.529. The summed E-state index contributed by atoms with van der Waals surface area (Å²) in [5, 5.41) is 10.3. The highest BCUT2D eigenvalue weighted by atomic mass is 16.3. The molecule has 136 valence electrons. The van der Waals surface area contributed by atoms with Crippen molar-refractivity contribution < 1.29 is 5.11 Å². The molecule has 8 heteroatoms. The van der Waals surface area contributed by atoms with Gasteiger partial charge in [0.1, 0.15) is 5.56 Å². The highest BCUT2D eigenvalue weighted by Gasteiger charge is 2.12. The van der Waals surface area contributed by atoms with Crippen LogP contribution >= 0.6 is 0 Å². The molecule has 0 atom stereocenters. The summed E-state index contributed by atoms with van der Waals surface area (Å²) in [6.45, 7) is 3.76. The topological polar surface area (TPSA) is 105 Å². The molecule has 0 spiro atoms. The van der Waals surface area contributed by atoms with Crippen LogP contribution in [0.4, 0.5) is 0 Å². The van der Waals surface area contributed by atoms with Gasteiger partial charge in [0.05, 0.1) is 6.33 Å². The Balaban J connectivity index is 1.99. The Kier molecular flexibility index (Phi) is 7.18. The van der Waals surface area contributed by atoms with Gasteiger partial charge in [-0.3, -0.25) is 19.3 Å². The first-order valence-electron chi connectivity index (χ1n) is 8.65. The van der Waals surface area contributed by atoms with Crippen molar-refractivity contribution in [1.82, 2.24) is 19.1 Å². The predicted octanol–water partition coefficient (Wildman–Crippen LogP) is 1.53. The van der Waals surface area contributed by atoms with E-state index in [9.17, 15) is 14.7 Å².